The zero-order chi connectivity index (χ0) is 17.2. The molecular weight excluding hydrogens is 316 g/mol. The van der Waals surface area contributed by atoms with E-state index in [0.29, 0.717) is 18.1 Å². The first-order valence-corrected chi connectivity index (χ1v) is 8.69. The molecule has 0 saturated carbocycles. The molecule has 0 radical (unpaired) electrons. The Morgan fingerprint density at radius 3 is 2.68 bits per heavy atom. The molecule has 1 aliphatic carbocycles. The minimum atomic E-state index is -0.324. The van der Waals surface area contributed by atoms with Crippen molar-refractivity contribution in [2.75, 3.05) is 6.61 Å². The summed E-state index contributed by atoms with van der Waals surface area (Å²) in [7, 11) is 0. The summed E-state index contributed by atoms with van der Waals surface area (Å²) in [5.41, 5.74) is 4.44. The Morgan fingerprint density at radius 1 is 1.12 bits per heavy atom. The molecule has 0 unspecified atom stereocenters. The fourth-order valence-corrected chi connectivity index (χ4v) is 3.41. The Bertz CT molecular complexity index is 923. The summed E-state index contributed by atoms with van der Waals surface area (Å²) < 4.78 is 16.7. The molecular formula is C21H20O4. The van der Waals surface area contributed by atoms with Gasteiger partial charge >= 0.3 is 5.97 Å². The fourth-order valence-electron chi connectivity index (χ4n) is 3.41. The molecule has 0 spiro atoms. The second-order valence-electron chi connectivity index (χ2n) is 6.26. The number of aryl methyl sites for hydroxylation is 2. The normalized spacial score (nSPS) is 13.0. The van der Waals surface area contributed by atoms with E-state index in [2.05, 4.69) is 12.1 Å². The van der Waals surface area contributed by atoms with Crippen LogP contribution in [0.3, 0.4) is 0 Å². The highest BCUT2D eigenvalue weighted by atomic mass is 16.6. The number of hydrogen-bond donors (Lipinski definition) is 0. The van der Waals surface area contributed by atoms with E-state index < -0.39 is 0 Å². The van der Waals surface area contributed by atoms with Gasteiger partial charge in [-0.2, -0.15) is 0 Å². The Labute approximate surface area is 146 Å². The van der Waals surface area contributed by atoms with Gasteiger partial charge in [0.05, 0.1) is 19.3 Å². The molecule has 25 heavy (non-hydrogen) atoms. The molecule has 1 aromatic heterocycles. The number of para-hydroxylation sites is 2. The summed E-state index contributed by atoms with van der Waals surface area (Å²) in [5.74, 6) is 0.701. The van der Waals surface area contributed by atoms with E-state index in [9.17, 15) is 4.79 Å². The summed E-state index contributed by atoms with van der Waals surface area (Å²) in [6, 6.07) is 11.5. The summed E-state index contributed by atoms with van der Waals surface area (Å²) in [4.78, 5) is 12.4. The number of fused-ring (bicyclic) bond motifs is 2. The zero-order valence-electron chi connectivity index (χ0n) is 14.2. The third-order valence-corrected chi connectivity index (χ3v) is 4.58. The lowest BCUT2D eigenvalue weighted by Crippen LogP contribution is -2.12. The van der Waals surface area contributed by atoms with Gasteiger partial charge in [0.1, 0.15) is 5.58 Å². The van der Waals surface area contributed by atoms with Crippen LogP contribution < -0.4 is 9.47 Å². The quantitative estimate of drug-likeness (QED) is 0.509. The van der Waals surface area contributed by atoms with Crippen LogP contribution in [0.2, 0.25) is 0 Å². The third-order valence-electron chi connectivity index (χ3n) is 4.58. The molecule has 0 amide bonds. The molecule has 128 valence electrons. The lowest BCUT2D eigenvalue weighted by Gasteiger charge is -2.09. The van der Waals surface area contributed by atoms with Crippen molar-refractivity contribution in [2.24, 2.45) is 0 Å². The van der Waals surface area contributed by atoms with Crippen molar-refractivity contribution in [3.8, 4) is 11.5 Å². The monoisotopic (exact) mass is 336 g/mol. The third kappa shape index (κ3) is 3.12. The van der Waals surface area contributed by atoms with Gasteiger partial charge in [-0.15, -0.1) is 0 Å². The molecule has 2 aromatic carbocycles. The lowest BCUT2D eigenvalue weighted by atomic mass is 10.0. The molecule has 0 saturated heterocycles. The van der Waals surface area contributed by atoms with Crippen molar-refractivity contribution in [1.29, 1.82) is 0 Å². The standard InChI is InChI=1S/C21H20O4/c1-2-23-18-8-3-4-9-19(18)25-21(22)12-16-13-24-20-11-15-7-5-6-14(15)10-17(16)20/h3-4,8-11,13H,2,5-7,12H2,1H3. The molecule has 4 heteroatoms. The maximum Gasteiger partial charge on any atom is 0.315 e. The smallest absolute Gasteiger partial charge is 0.315 e. The van der Waals surface area contributed by atoms with Gasteiger partial charge in [0, 0.05) is 10.9 Å². The van der Waals surface area contributed by atoms with Gasteiger partial charge in [-0.3, -0.25) is 4.79 Å². The van der Waals surface area contributed by atoms with Crippen LogP contribution in [0.1, 0.15) is 30.0 Å². The molecule has 0 fully saturated rings. The first-order valence-electron chi connectivity index (χ1n) is 8.69. The average molecular weight is 336 g/mol. The molecule has 0 atom stereocenters. The van der Waals surface area contributed by atoms with Crippen LogP contribution in [0.15, 0.2) is 47.1 Å². The number of carbonyl (C=O) groups excluding carboxylic acids is 1. The van der Waals surface area contributed by atoms with E-state index in [4.69, 9.17) is 13.9 Å². The number of esters is 1. The summed E-state index contributed by atoms with van der Waals surface area (Å²) >= 11 is 0. The van der Waals surface area contributed by atoms with Crippen molar-refractivity contribution in [1.82, 2.24) is 0 Å². The van der Waals surface area contributed by atoms with E-state index in [1.807, 2.05) is 19.1 Å². The number of rotatable bonds is 5. The van der Waals surface area contributed by atoms with Gasteiger partial charge in [-0.1, -0.05) is 12.1 Å². The van der Waals surface area contributed by atoms with E-state index in [1.54, 1.807) is 18.4 Å². The van der Waals surface area contributed by atoms with Crippen molar-refractivity contribution in [3.63, 3.8) is 0 Å². The van der Waals surface area contributed by atoms with Crippen LogP contribution in [-0.2, 0) is 24.1 Å². The van der Waals surface area contributed by atoms with Gasteiger partial charge in [-0.05, 0) is 61.6 Å². The van der Waals surface area contributed by atoms with Crippen LogP contribution >= 0.6 is 0 Å². The highest BCUT2D eigenvalue weighted by molar-refractivity contribution is 5.87. The first kappa shape index (κ1) is 15.8. The molecule has 1 aliphatic rings. The minimum Gasteiger partial charge on any atom is -0.490 e. The van der Waals surface area contributed by atoms with Crippen LogP contribution in [0, 0.1) is 0 Å². The van der Waals surface area contributed by atoms with E-state index in [0.717, 1.165) is 29.4 Å². The SMILES string of the molecule is CCOc1ccccc1OC(=O)Cc1coc2cc3c(cc12)CCC3. The fraction of sp³-hybridized carbons (Fsp3) is 0.286. The zero-order valence-corrected chi connectivity index (χ0v) is 14.2. The number of carbonyl (C=O) groups is 1. The molecule has 0 N–H and O–H groups in total. The summed E-state index contributed by atoms with van der Waals surface area (Å²) in [5, 5.41) is 1.01. The lowest BCUT2D eigenvalue weighted by molar-refractivity contribution is -0.133. The Hall–Kier alpha value is -2.75. The number of ether oxygens (including phenoxy) is 2. The van der Waals surface area contributed by atoms with Gasteiger partial charge in [0.25, 0.3) is 0 Å². The van der Waals surface area contributed by atoms with Gasteiger partial charge in [-0.25, -0.2) is 0 Å². The molecule has 4 nitrogen and oxygen atoms in total. The highest BCUT2D eigenvalue weighted by Crippen LogP contribution is 2.31. The minimum absolute atomic E-state index is 0.173. The molecule has 3 aromatic rings. The molecule has 0 bridgehead atoms. The van der Waals surface area contributed by atoms with Crippen LogP contribution in [0.5, 0.6) is 11.5 Å². The second kappa shape index (κ2) is 6.63. The van der Waals surface area contributed by atoms with E-state index in [-0.39, 0.29) is 12.4 Å². The Balaban J connectivity index is 1.54. The number of benzene rings is 2. The average Bonchev–Trinajstić information content (AvgIpc) is 3.21. The summed E-state index contributed by atoms with van der Waals surface area (Å²) in [6.45, 7) is 2.42. The topological polar surface area (TPSA) is 48.7 Å². The predicted molar refractivity (Wildman–Crippen MR) is 95.2 cm³/mol. The molecule has 1 heterocycles. The predicted octanol–water partition coefficient (Wildman–Crippen LogP) is 4.47. The van der Waals surface area contributed by atoms with Crippen LogP contribution in [0.25, 0.3) is 11.0 Å². The number of furan rings is 1. The summed E-state index contributed by atoms with van der Waals surface area (Å²) in [6.07, 6.45) is 5.23. The van der Waals surface area contributed by atoms with E-state index >= 15 is 0 Å². The van der Waals surface area contributed by atoms with Crippen molar-refractivity contribution < 1.29 is 18.7 Å². The second-order valence-corrected chi connectivity index (χ2v) is 6.26. The highest BCUT2D eigenvalue weighted by Gasteiger charge is 2.18. The van der Waals surface area contributed by atoms with Crippen LogP contribution in [0.4, 0.5) is 0 Å². The van der Waals surface area contributed by atoms with Crippen molar-refractivity contribution in [3.05, 3.63) is 59.4 Å². The van der Waals surface area contributed by atoms with Gasteiger partial charge in [0.15, 0.2) is 11.5 Å². The van der Waals surface area contributed by atoms with Crippen molar-refractivity contribution >= 4 is 16.9 Å². The van der Waals surface area contributed by atoms with Gasteiger partial charge in [0.2, 0.25) is 0 Å². The Kier molecular flexibility index (Phi) is 4.18. The maximum absolute atomic E-state index is 12.4. The van der Waals surface area contributed by atoms with Gasteiger partial charge < -0.3 is 13.9 Å². The largest absolute Gasteiger partial charge is 0.490 e. The first-order chi connectivity index (χ1) is 12.2. The Morgan fingerprint density at radius 2 is 1.88 bits per heavy atom. The molecule has 4 rings (SSSR count). The van der Waals surface area contributed by atoms with E-state index in [1.165, 1.54) is 17.5 Å². The maximum atomic E-state index is 12.4. The molecule has 0 aliphatic heterocycles. The van der Waals surface area contributed by atoms with Crippen molar-refractivity contribution in [2.45, 2.75) is 32.6 Å². The number of hydrogen-bond acceptors (Lipinski definition) is 4. The van der Waals surface area contributed by atoms with Crippen LogP contribution in [-0.4, -0.2) is 12.6 Å².